The second-order valence-electron chi connectivity index (χ2n) is 3.93. The van der Waals surface area contributed by atoms with Crippen molar-refractivity contribution in [2.75, 3.05) is 7.11 Å². The van der Waals surface area contributed by atoms with Crippen LogP contribution >= 0.6 is 27.5 Å². The number of fused-ring (bicyclic) bond motifs is 1. The molecule has 0 saturated carbocycles. The first-order chi connectivity index (χ1) is 9.20. The first-order valence-electron chi connectivity index (χ1n) is 5.53. The standard InChI is InChI=1S/C13H9BrClN3O/c1-19-8-4-2-3-7(5-8)11-9-10(14)12(15)18-13(9)17-6-16-11/h2-6H,1H3,(H,16,17,18). The topological polar surface area (TPSA) is 50.8 Å². The summed E-state index contributed by atoms with van der Waals surface area (Å²) < 4.78 is 6.00. The Morgan fingerprint density at radius 3 is 2.95 bits per heavy atom. The highest BCUT2D eigenvalue weighted by atomic mass is 79.9. The minimum absolute atomic E-state index is 0.514. The van der Waals surface area contributed by atoms with E-state index in [1.807, 2.05) is 24.3 Å². The molecule has 0 atom stereocenters. The van der Waals surface area contributed by atoms with Gasteiger partial charge in [-0.1, -0.05) is 23.7 Å². The van der Waals surface area contributed by atoms with E-state index in [0.717, 1.165) is 26.9 Å². The van der Waals surface area contributed by atoms with Gasteiger partial charge in [-0.3, -0.25) is 0 Å². The summed E-state index contributed by atoms with van der Waals surface area (Å²) in [7, 11) is 1.64. The SMILES string of the molecule is COc1cccc(-c2ncnc3[nH]c(Cl)c(Br)c23)c1. The molecule has 0 amide bonds. The van der Waals surface area contributed by atoms with Crippen molar-refractivity contribution >= 4 is 38.6 Å². The van der Waals surface area contributed by atoms with Crippen LogP contribution in [0.1, 0.15) is 0 Å². The van der Waals surface area contributed by atoms with E-state index < -0.39 is 0 Å². The number of nitrogens with one attached hydrogen (secondary N) is 1. The summed E-state index contributed by atoms with van der Waals surface area (Å²) in [6, 6.07) is 7.71. The number of aromatic amines is 1. The lowest BCUT2D eigenvalue weighted by atomic mass is 10.1. The van der Waals surface area contributed by atoms with Gasteiger partial charge in [0, 0.05) is 5.56 Å². The zero-order valence-electron chi connectivity index (χ0n) is 9.95. The fourth-order valence-electron chi connectivity index (χ4n) is 1.95. The maximum Gasteiger partial charge on any atom is 0.143 e. The van der Waals surface area contributed by atoms with Crippen molar-refractivity contribution in [1.82, 2.24) is 15.0 Å². The van der Waals surface area contributed by atoms with Crippen molar-refractivity contribution in [2.24, 2.45) is 0 Å². The van der Waals surface area contributed by atoms with Crippen molar-refractivity contribution in [2.45, 2.75) is 0 Å². The van der Waals surface area contributed by atoms with Crippen LogP contribution in [-0.2, 0) is 0 Å². The minimum Gasteiger partial charge on any atom is -0.497 e. The highest BCUT2D eigenvalue weighted by Gasteiger charge is 2.15. The van der Waals surface area contributed by atoms with Crippen molar-refractivity contribution in [3.8, 4) is 17.0 Å². The zero-order valence-corrected chi connectivity index (χ0v) is 12.3. The highest BCUT2D eigenvalue weighted by Crippen LogP contribution is 2.36. The predicted molar refractivity (Wildman–Crippen MR) is 78.6 cm³/mol. The van der Waals surface area contributed by atoms with E-state index in [2.05, 4.69) is 30.9 Å². The van der Waals surface area contributed by atoms with Gasteiger partial charge in [-0.05, 0) is 28.1 Å². The third-order valence-corrected chi connectivity index (χ3v) is 4.14. The van der Waals surface area contributed by atoms with Gasteiger partial charge in [-0.25, -0.2) is 9.97 Å². The molecule has 2 aromatic heterocycles. The third kappa shape index (κ3) is 2.09. The van der Waals surface area contributed by atoms with E-state index in [0.29, 0.717) is 10.8 Å². The lowest BCUT2D eigenvalue weighted by molar-refractivity contribution is 0.415. The number of halogens is 2. The van der Waals surface area contributed by atoms with Crippen LogP contribution in [0, 0.1) is 0 Å². The normalized spacial score (nSPS) is 10.9. The van der Waals surface area contributed by atoms with E-state index in [9.17, 15) is 0 Å². The second kappa shape index (κ2) is 4.83. The van der Waals surface area contributed by atoms with Crippen LogP contribution in [0.3, 0.4) is 0 Å². The maximum absolute atomic E-state index is 6.08. The lowest BCUT2D eigenvalue weighted by Gasteiger charge is -2.05. The number of methoxy groups -OCH3 is 1. The van der Waals surface area contributed by atoms with Gasteiger partial charge in [0.25, 0.3) is 0 Å². The summed E-state index contributed by atoms with van der Waals surface area (Å²) in [6.07, 6.45) is 1.51. The van der Waals surface area contributed by atoms with Gasteiger partial charge >= 0.3 is 0 Å². The summed E-state index contributed by atoms with van der Waals surface area (Å²) in [4.78, 5) is 11.5. The van der Waals surface area contributed by atoms with Gasteiger partial charge in [0.1, 0.15) is 22.9 Å². The number of rotatable bonds is 2. The summed E-state index contributed by atoms with van der Waals surface area (Å²) >= 11 is 9.54. The van der Waals surface area contributed by atoms with Crippen LogP contribution in [0.5, 0.6) is 5.75 Å². The van der Waals surface area contributed by atoms with Crippen LogP contribution in [0.2, 0.25) is 5.15 Å². The predicted octanol–water partition coefficient (Wildman–Crippen LogP) is 4.05. The van der Waals surface area contributed by atoms with Gasteiger partial charge < -0.3 is 9.72 Å². The lowest BCUT2D eigenvalue weighted by Crippen LogP contribution is -1.89. The molecule has 0 radical (unpaired) electrons. The van der Waals surface area contributed by atoms with Crippen molar-refractivity contribution < 1.29 is 4.74 Å². The Balaban J connectivity index is 2.29. The first-order valence-corrected chi connectivity index (χ1v) is 6.70. The van der Waals surface area contributed by atoms with Gasteiger partial charge in [0.2, 0.25) is 0 Å². The zero-order chi connectivity index (χ0) is 13.4. The average Bonchev–Trinajstić information content (AvgIpc) is 2.74. The van der Waals surface area contributed by atoms with Gasteiger partial charge in [0.15, 0.2) is 0 Å². The van der Waals surface area contributed by atoms with E-state index in [-0.39, 0.29) is 0 Å². The molecule has 3 rings (SSSR count). The molecular weight excluding hydrogens is 330 g/mol. The van der Waals surface area contributed by atoms with Gasteiger partial charge in [-0.2, -0.15) is 0 Å². The average molecular weight is 339 g/mol. The molecule has 0 aliphatic rings. The van der Waals surface area contributed by atoms with Crippen molar-refractivity contribution in [3.05, 3.63) is 40.2 Å². The summed E-state index contributed by atoms with van der Waals surface area (Å²) in [5.74, 6) is 0.780. The highest BCUT2D eigenvalue weighted by molar-refractivity contribution is 9.10. The Hall–Kier alpha value is -1.59. The fraction of sp³-hybridized carbons (Fsp3) is 0.0769. The molecule has 3 aromatic rings. The van der Waals surface area contributed by atoms with Gasteiger partial charge in [-0.15, -0.1) is 0 Å². The van der Waals surface area contributed by atoms with Crippen molar-refractivity contribution in [1.29, 1.82) is 0 Å². The Morgan fingerprint density at radius 2 is 2.16 bits per heavy atom. The molecule has 0 aliphatic carbocycles. The number of hydrogen-bond acceptors (Lipinski definition) is 3. The molecular formula is C13H9BrClN3O. The number of benzene rings is 1. The van der Waals surface area contributed by atoms with E-state index >= 15 is 0 Å². The van der Waals surface area contributed by atoms with Crippen LogP contribution < -0.4 is 4.74 Å². The van der Waals surface area contributed by atoms with Gasteiger partial charge in [0.05, 0.1) is 22.7 Å². The fourth-order valence-corrected chi connectivity index (χ4v) is 2.60. The molecule has 2 heterocycles. The summed E-state index contributed by atoms with van der Waals surface area (Å²) in [5, 5.41) is 1.38. The van der Waals surface area contributed by atoms with Crippen LogP contribution in [0.25, 0.3) is 22.3 Å². The molecule has 0 unspecified atom stereocenters. The first kappa shape index (κ1) is 12.4. The maximum atomic E-state index is 6.08. The molecule has 0 spiro atoms. The molecule has 19 heavy (non-hydrogen) atoms. The Bertz CT molecular complexity index is 757. The number of ether oxygens (including phenoxy) is 1. The summed E-state index contributed by atoms with van der Waals surface area (Å²) in [6.45, 7) is 0. The number of H-pyrrole nitrogens is 1. The largest absolute Gasteiger partial charge is 0.497 e. The summed E-state index contributed by atoms with van der Waals surface area (Å²) in [5.41, 5.74) is 2.45. The molecule has 4 nitrogen and oxygen atoms in total. The molecule has 1 N–H and O–H groups in total. The molecule has 0 fully saturated rings. The Morgan fingerprint density at radius 1 is 1.32 bits per heavy atom. The molecule has 1 aromatic carbocycles. The smallest absolute Gasteiger partial charge is 0.143 e. The molecule has 0 bridgehead atoms. The van der Waals surface area contributed by atoms with Crippen LogP contribution in [0.15, 0.2) is 35.1 Å². The molecule has 0 saturated heterocycles. The van der Waals surface area contributed by atoms with Crippen molar-refractivity contribution in [3.63, 3.8) is 0 Å². The molecule has 0 aliphatic heterocycles. The second-order valence-corrected chi connectivity index (χ2v) is 5.10. The number of hydrogen-bond donors (Lipinski definition) is 1. The van der Waals surface area contributed by atoms with E-state index in [1.165, 1.54) is 6.33 Å². The minimum atomic E-state index is 0.514. The monoisotopic (exact) mass is 337 g/mol. The quantitative estimate of drug-likeness (QED) is 0.767. The molecule has 96 valence electrons. The van der Waals surface area contributed by atoms with E-state index in [4.69, 9.17) is 16.3 Å². The third-order valence-electron chi connectivity index (χ3n) is 2.83. The number of nitrogens with zero attached hydrogens (tertiary/aromatic N) is 2. The molecule has 6 heteroatoms. The van der Waals surface area contributed by atoms with Crippen LogP contribution in [0.4, 0.5) is 0 Å². The number of aromatic nitrogens is 3. The van der Waals surface area contributed by atoms with Crippen LogP contribution in [-0.4, -0.2) is 22.1 Å². The Labute approximate surface area is 122 Å². The van der Waals surface area contributed by atoms with E-state index in [1.54, 1.807) is 7.11 Å². The Kier molecular flexibility index (Phi) is 3.16.